The van der Waals surface area contributed by atoms with E-state index in [0.717, 1.165) is 21.2 Å². The quantitative estimate of drug-likeness (QED) is 0.441. The van der Waals surface area contributed by atoms with Crippen LogP contribution in [0.1, 0.15) is 21.5 Å². The molecule has 0 atom stereocenters. The number of halogens is 1. The topological polar surface area (TPSA) is 77.2 Å². The number of aromatic nitrogens is 2. The van der Waals surface area contributed by atoms with E-state index in [1.807, 2.05) is 44.2 Å². The number of hydrogen-bond donors (Lipinski definition) is 1. The van der Waals surface area contributed by atoms with Crippen molar-refractivity contribution in [3.63, 3.8) is 0 Å². The van der Waals surface area contributed by atoms with Crippen molar-refractivity contribution in [1.29, 1.82) is 0 Å². The highest BCUT2D eigenvalue weighted by molar-refractivity contribution is 9.10. The fourth-order valence-electron chi connectivity index (χ4n) is 3.19. The first-order chi connectivity index (χ1) is 14.0. The van der Waals surface area contributed by atoms with E-state index in [2.05, 4.69) is 31.2 Å². The Balaban J connectivity index is 1.63. The van der Waals surface area contributed by atoms with Gasteiger partial charge in [0.15, 0.2) is 11.2 Å². The number of rotatable bonds is 4. The molecule has 0 aliphatic carbocycles. The SMILES string of the molecule is COc1c(C)cc(Br)cc1C(=O)Nc1ccc(-c2nc3ncccc3o2)cc1C. The Bertz CT molecular complexity index is 1200. The van der Waals surface area contributed by atoms with Crippen LogP contribution in [0, 0.1) is 13.8 Å². The molecule has 0 unspecified atom stereocenters. The summed E-state index contributed by atoms with van der Waals surface area (Å²) in [6, 6.07) is 12.9. The van der Waals surface area contributed by atoms with Gasteiger partial charge in [0, 0.05) is 21.9 Å². The van der Waals surface area contributed by atoms with E-state index in [4.69, 9.17) is 9.15 Å². The second-order valence-corrected chi connectivity index (χ2v) is 7.55. The third kappa shape index (κ3) is 3.73. The zero-order valence-electron chi connectivity index (χ0n) is 16.1. The van der Waals surface area contributed by atoms with Gasteiger partial charge in [0.05, 0.1) is 12.7 Å². The van der Waals surface area contributed by atoms with Crippen LogP contribution in [0.15, 0.2) is 57.6 Å². The molecule has 0 saturated carbocycles. The number of nitrogens with zero attached hydrogens (tertiary/aromatic N) is 2. The first-order valence-electron chi connectivity index (χ1n) is 8.94. The van der Waals surface area contributed by atoms with E-state index in [-0.39, 0.29) is 5.91 Å². The van der Waals surface area contributed by atoms with Gasteiger partial charge in [-0.25, -0.2) is 4.98 Å². The number of nitrogens with one attached hydrogen (secondary N) is 1. The van der Waals surface area contributed by atoms with Gasteiger partial charge in [-0.2, -0.15) is 4.98 Å². The molecular formula is C22H18BrN3O3. The number of anilines is 1. The van der Waals surface area contributed by atoms with Crippen molar-refractivity contribution < 1.29 is 13.9 Å². The normalized spacial score (nSPS) is 10.9. The maximum absolute atomic E-state index is 12.9. The fourth-order valence-corrected chi connectivity index (χ4v) is 3.76. The second kappa shape index (κ2) is 7.67. The molecular weight excluding hydrogens is 434 g/mol. The smallest absolute Gasteiger partial charge is 0.259 e. The number of carbonyl (C=O) groups is 1. The van der Waals surface area contributed by atoms with Crippen molar-refractivity contribution in [2.45, 2.75) is 13.8 Å². The number of pyridine rings is 1. The number of oxazole rings is 1. The minimum absolute atomic E-state index is 0.242. The summed E-state index contributed by atoms with van der Waals surface area (Å²) in [5, 5.41) is 2.96. The van der Waals surface area contributed by atoms with Crippen LogP contribution in [-0.2, 0) is 0 Å². The number of amides is 1. The monoisotopic (exact) mass is 451 g/mol. The Kier molecular flexibility index (Phi) is 5.07. The van der Waals surface area contributed by atoms with Gasteiger partial charge in [-0.05, 0) is 67.4 Å². The number of carbonyl (C=O) groups excluding carboxylic acids is 1. The van der Waals surface area contributed by atoms with Crippen molar-refractivity contribution in [3.8, 4) is 17.2 Å². The Labute approximate surface area is 176 Å². The molecule has 2 aromatic heterocycles. The molecule has 0 saturated heterocycles. The van der Waals surface area contributed by atoms with Gasteiger partial charge in [0.1, 0.15) is 5.75 Å². The molecule has 6 nitrogen and oxygen atoms in total. The fraction of sp³-hybridized carbons (Fsp3) is 0.136. The van der Waals surface area contributed by atoms with E-state index in [1.165, 1.54) is 0 Å². The third-order valence-corrected chi connectivity index (χ3v) is 5.03. The predicted molar refractivity (Wildman–Crippen MR) is 115 cm³/mol. The van der Waals surface area contributed by atoms with Crippen LogP contribution in [0.2, 0.25) is 0 Å². The third-order valence-electron chi connectivity index (χ3n) is 4.57. The molecule has 4 rings (SSSR count). The van der Waals surface area contributed by atoms with Crippen LogP contribution in [-0.4, -0.2) is 23.0 Å². The van der Waals surface area contributed by atoms with Crippen molar-refractivity contribution in [2.75, 3.05) is 12.4 Å². The summed E-state index contributed by atoms with van der Waals surface area (Å²) in [5.41, 5.74) is 4.94. The predicted octanol–water partition coefficient (Wildman–Crippen LogP) is 5.53. The summed E-state index contributed by atoms with van der Waals surface area (Å²) in [6.07, 6.45) is 1.68. The molecule has 0 radical (unpaired) electrons. The van der Waals surface area contributed by atoms with E-state index in [1.54, 1.807) is 25.4 Å². The lowest BCUT2D eigenvalue weighted by atomic mass is 10.1. The number of ether oxygens (including phenoxy) is 1. The summed E-state index contributed by atoms with van der Waals surface area (Å²) >= 11 is 3.44. The molecule has 146 valence electrons. The minimum atomic E-state index is -0.242. The average Bonchev–Trinajstić information content (AvgIpc) is 3.13. The number of aryl methyl sites for hydroxylation is 2. The van der Waals surface area contributed by atoms with Crippen LogP contribution in [0.3, 0.4) is 0 Å². The molecule has 7 heteroatoms. The highest BCUT2D eigenvalue weighted by atomic mass is 79.9. The maximum atomic E-state index is 12.9. The lowest BCUT2D eigenvalue weighted by Gasteiger charge is -2.14. The lowest BCUT2D eigenvalue weighted by Crippen LogP contribution is -2.14. The molecule has 1 amide bonds. The van der Waals surface area contributed by atoms with E-state index in [9.17, 15) is 4.79 Å². The highest BCUT2D eigenvalue weighted by Crippen LogP contribution is 2.30. The van der Waals surface area contributed by atoms with E-state index in [0.29, 0.717) is 34.1 Å². The highest BCUT2D eigenvalue weighted by Gasteiger charge is 2.17. The number of hydrogen-bond acceptors (Lipinski definition) is 5. The van der Waals surface area contributed by atoms with E-state index < -0.39 is 0 Å². The van der Waals surface area contributed by atoms with Gasteiger partial charge in [-0.15, -0.1) is 0 Å². The van der Waals surface area contributed by atoms with Gasteiger partial charge in [-0.1, -0.05) is 15.9 Å². The van der Waals surface area contributed by atoms with Crippen molar-refractivity contribution in [1.82, 2.24) is 9.97 Å². The Hall–Kier alpha value is -3.19. The standard InChI is InChI=1S/C22H18BrN3O3/c1-12-9-14(22-26-20-18(29-22)5-4-8-24-20)6-7-17(12)25-21(27)16-11-15(23)10-13(2)19(16)28-3/h4-11H,1-3H3,(H,25,27). The van der Waals surface area contributed by atoms with Gasteiger partial charge >= 0.3 is 0 Å². The molecule has 29 heavy (non-hydrogen) atoms. The second-order valence-electron chi connectivity index (χ2n) is 6.63. The lowest BCUT2D eigenvalue weighted by molar-refractivity contribution is 0.102. The average molecular weight is 452 g/mol. The molecule has 2 heterocycles. The van der Waals surface area contributed by atoms with E-state index >= 15 is 0 Å². The summed E-state index contributed by atoms with van der Waals surface area (Å²) in [5.74, 6) is 0.802. The van der Waals surface area contributed by atoms with Gasteiger partial charge in [0.2, 0.25) is 5.89 Å². The van der Waals surface area contributed by atoms with Crippen molar-refractivity contribution in [3.05, 3.63) is 69.8 Å². The summed E-state index contributed by atoms with van der Waals surface area (Å²) in [6.45, 7) is 3.82. The van der Waals surface area contributed by atoms with Crippen LogP contribution in [0.5, 0.6) is 5.75 Å². The molecule has 0 spiro atoms. The Morgan fingerprint density at radius 1 is 1.14 bits per heavy atom. The Morgan fingerprint density at radius 3 is 2.69 bits per heavy atom. The maximum Gasteiger partial charge on any atom is 0.259 e. The Morgan fingerprint density at radius 2 is 1.97 bits per heavy atom. The van der Waals surface area contributed by atoms with Gasteiger partial charge in [0.25, 0.3) is 5.91 Å². The number of fused-ring (bicyclic) bond motifs is 1. The summed E-state index contributed by atoms with van der Waals surface area (Å²) in [4.78, 5) is 21.5. The summed E-state index contributed by atoms with van der Waals surface area (Å²) in [7, 11) is 1.56. The van der Waals surface area contributed by atoms with Gasteiger partial charge in [-0.3, -0.25) is 4.79 Å². The van der Waals surface area contributed by atoms with Crippen LogP contribution < -0.4 is 10.1 Å². The molecule has 0 aliphatic rings. The minimum Gasteiger partial charge on any atom is -0.496 e. The largest absolute Gasteiger partial charge is 0.496 e. The molecule has 1 N–H and O–H groups in total. The van der Waals surface area contributed by atoms with Crippen molar-refractivity contribution in [2.24, 2.45) is 0 Å². The summed E-state index contributed by atoms with van der Waals surface area (Å²) < 4.78 is 12.0. The van der Waals surface area contributed by atoms with Crippen LogP contribution in [0.25, 0.3) is 22.7 Å². The van der Waals surface area contributed by atoms with Crippen molar-refractivity contribution >= 4 is 38.8 Å². The molecule has 0 aliphatic heterocycles. The molecule has 2 aromatic carbocycles. The first-order valence-corrected chi connectivity index (χ1v) is 9.73. The molecule has 0 bridgehead atoms. The first kappa shape index (κ1) is 19.1. The molecule has 4 aromatic rings. The zero-order valence-corrected chi connectivity index (χ0v) is 17.7. The zero-order chi connectivity index (χ0) is 20.5. The van der Waals surface area contributed by atoms with Gasteiger partial charge < -0.3 is 14.5 Å². The number of methoxy groups -OCH3 is 1. The number of benzene rings is 2. The van der Waals surface area contributed by atoms with Crippen LogP contribution >= 0.6 is 15.9 Å². The molecule has 0 fully saturated rings. The van der Waals surface area contributed by atoms with Crippen LogP contribution in [0.4, 0.5) is 5.69 Å².